The van der Waals surface area contributed by atoms with Gasteiger partial charge in [0.15, 0.2) is 5.82 Å². The summed E-state index contributed by atoms with van der Waals surface area (Å²) in [4.78, 5) is 38.0. The summed E-state index contributed by atoms with van der Waals surface area (Å²) in [6.45, 7) is 4.48. The van der Waals surface area contributed by atoms with Gasteiger partial charge in [-0.2, -0.15) is 0 Å². The molecule has 158 valence electrons. The van der Waals surface area contributed by atoms with Gasteiger partial charge in [0.05, 0.1) is 27.4 Å². The molecule has 1 amide bonds. The summed E-state index contributed by atoms with van der Waals surface area (Å²) in [6.07, 6.45) is 0. The van der Waals surface area contributed by atoms with Crippen molar-refractivity contribution in [3.05, 3.63) is 76.0 Å². The first-order chi connectivity index (χ1) is 15.0. The molecule has 2 heterocycles. The maximum absolute atomic E-state index is 13.5. The Morgan fingerprint density at radius 1 is 0.968 bits per heavy atom. The number of benzene rings is 2. The van der Waals surface area contributed by atoms with Gasteiger partial charge >= 0.3 is 0 Å². The first kappa shape index (κ1) is 20.6. The quantitative estimate of drug-likeness (QED) is 0.477. The van der Waals surface area contributed by atoms with Crippen LogP contribution >= 0.6 is 0 Å². The highest BCUT2D eigenvalue weighted by Crippen LogP contribution is 2.34. The predicted molar refractivity (Wildman–Crippen MR) is 118 cm³/mol. The summed E-state index contributed by atoms with van der Waals surface area (Å²) in [7, 11) is 2.02. The van der Waals surface area contributed by atoms with Gasteiger partial charge in [0.25, 0.3) is 11.6 Å². The molecule has 0 atom stereocenters. The standard InChI is InChI=1S/C23H23N5O3/c1-16-20(23(29)27-14-12-26(2)13-15-27)21(18-10-6-7-11-19(18)28(30)31)25-22(24-16)17-8-4-3-5-9-17/h3-11H,12-15H2,1-2H3. The van der Waals surface area contributed by atoms with E-state index < -0.39 is 4.92 Å². The van der Waals surface area contributed by atoms with Crippen molar-refractivity contribution >= 4 is 11.6 Å². The predicted octanol–water partition coefficient (Wildman–Crippen LogP) is 3.41. The molecular formula is C23H23N5O3. The van der Waals surface area contributed by atoms with Crippen LogP contribution in [-0.2, 0) is 0 Å². The first-order valence-electron chi connectivity index (χ1n) is 10.1. The summed E-state index contributed by atoms with van der Waals surface area (Å²) >= 11 is 0. The number of amides is 1. The number of piperazine rings is 1. The van der Waals surface area contributed by atoms with Crippen molar-refractivity contribution in [1.82, 2.24) is 19.8 Å². The Hall–Kier alpha value is -3.65. The van der Waals surface area contributed by atoms with Gasteiger partial charge < -0.3 is 9.80 Å². The number of para-hydroxylation sites is 1. The lowest BCUT2D eigenvalue weighted by atomic mass is 10.0. The van der Waals surface area contributed by atoms with Crippen LogP contribution in [0.3, 0.4) is 0 Å². The minimum atomic E-state index is -0.445. The number of nitro groups is 1. The number of rotatable bonds is 4. The van der Waals surface area contributed by atoms with Gasteiger partial charge in [-0.1, -0.05) is 42.5 Å². The molecule has 8 nitrogen and oxygen atoms in total. The van der Waals surface area contributed by atoms with Gasteiger partial charge in [-0.15, -0.1) is 0 Å². The Balaban J connectivity index is 1.90. The van der Waals surface area contributed by atoms with E-state index in [1.807, 2.05) is 37.4 Å². The zero-order valence-corrected chi connectivity index (χ0v) is 17.5. The minimum Gasteiger partial charge on any atom is -0.336 e. The summed E-state index contributed by atoms with van der Waals surface area (Å²) in [5.74, 6) is 0.236. The van der Waals surface area contributed by atoms with Gasteiger partial charge in [-0.25, -0.2) is 9.97 Å². The Kier molecular flexibility index (Phi) is 5.73. The minimum absolute atomic E-state index is 0.0907. The third-order valence-electron chi connectivity index (χ3n) is 5.48. The first-order valence-corrected chi connectivity index (χ1v) is 10.1. The largest absolute Gasteiger partial charge is 0.336 e. The van der Waals surface area contributed by atoms with Gasteiger partial charge in [0, 0.05) is 37.8 Å². The van der Waals surface area contributed by atoms with E-state index in [0.29, 0.717) is 41.4 Å². The molecule has 2 aromatic carbocycles. The lowest BCUT2D eigenvalue weighted by Gasteiger charge is -2.33. The fraction of sp³-hybridized carbons (Fsp3) is 0.261. The number of carbonyl (C=O) groups excluding carboxylic acids is 1. The third-order valence-corrected chi connectivity index (χ3v) is 5.48. The molecular weight excluding hydrogens is 394 g/mol. The van der Waals surface area contributed by atoms with Crippen molar-refractivity contribution in [2.75, 3.05) is 33.2 Å². The molecule has 8 heteroatoms. The zero-order valence-electron chi connectivity index (χ0n) is 17.5. The van der Waals surface area contributed by atoms with Crippen molar-refractivity contribution in [2.24, 2.45) is 0 Å². The highest BCUT2D eigenvalue weighted by molar-refractivity contribution is 6.02. The van der Waals surface area contributed by atoms with Crippen LogP contribution in [0.5, 0.6) is 0 Å². The molecule has 0 aliphatic carbocycles. The highest BCUT2D eigenvalue weighted by atomic mass is 16.6. The molecule has 0 radical (unpaired) electrons. The molecule has 3 aromatic rings. The Morgan fingerprint density at radius 3 is 2.29 bits per heavy atom. The second kappa shape index (κ2) is 8.61. The van der Waals surface area contributed by atoms with Gasteiger partial charge in [-0.3, -0.25) is 14.9 Å². The molecule has 0 saturated carbocycles. The van der Waals surface area contributed by atoms with Crippen LogP contribution in [0.2, 0.25) is 0 Å². The molecule has 1 aromatic heterocycles. The number of aryl methyl sites for hydroxylation is 1. The van der Waals surface area contributed by atoms with Crippen LogP contribution < -0.4 is 0 Å². The van der Waals surface area contributed by atoms with Crippen molar-refractivity contribution in [3.63, 3.8) is 0 Å². The highest BCUT2D eigenvalue weighted by Gasteiger charge is 2.29. The van der Waals surface area contributed by atoms with Gasteiger partial charge in [0.1, 0.15) is 0 Å². The van der Waals surface area contributed by atoms with Crippen LogP contribution in [0.4, 0.5) is 5.69 Å². The van der Waals surface area contributed by atoms with E-state index in [1.165, 1.54) is 6.07 Å². The van der Waals surface area contributed by atoms with E-state index in [4.69, 9.17) is 0 Å². The molecule has 0 spiro atoms. The maximum atomic E-state index is 13.5. The summed E-state index contributed by atoms with van der Waals surface area (Å²) in [5.41, 5.74) is 2.12. The van der Waals surface area contributed by atoms with E-state index in [9.17, 15) is 14.9 Å². The van der Waals surface area contributed by atoms with Gasteiger partial charge in [-0.05, 0) is 20.0 Å². The molecule has 0 unspecified atom stereocenters. The fourth-order valence-electron chi connectivity index (χ4n) is 3.74. The van der Waals surface area contributed by atoms with Crippen LogP contribution in [-0.4, -0.2) is 63.8 Å². The average Bonchev–Trinajstić information content (AvgIpc) is 2.79. The van der Waals surface area contributed by atoms with Gasteiger partial charge in [0.2, 0.25) is 0 Å². The monoisotopic (exact) mass is 417 g/mol. The van der Waals surface area contributed by atoms with E-state index in [2.05, 4.69) is 14.9 Å². The molecule has 31 heavy (non-hydrogen) atoms. The molecule has 0 N–H and O–H groups in total. The zero-order chi connectivity index (χ0) is 22.0. The SMILES string of the molecule is Cc1nc(-c2ccccc2)nc(-c2ccccc2[N+](=O)[O-])c1C(=O)N1CCN(C)CC1. The molecule has 1 fully saturated rings. The maximum Gasteiger partial charge on any atom is 0.278 e. The molecule has 4 rings (SSSR count). The van der Waals surface area contributed by atoms with Crippen LogP contribution in [0.1, 0.15) is 16.1 Å². The number of hydrogen-bond acceptors (Lipinski definition) is 6. The third kappa shape index (κ3) is 4.15. The lowest BCUT2D eigenvalue weighted by Crippen LogP contribution is -2.47. The summed E-state index contributed by atoms with van der Waals surface area (Å²) in [6, 6.07) is 15.8. The Bertz CT molecular complexity index is 1130. The second-order valence-corrected chi connectivity index (χ2v) is 7.59. The van der Waals surface area contributed by atoms with E-state index >= 15 is 0 Å². The van der Waals surface area contributed by atoms with Crippen molar-refractivity contribution in [3.8, 4) is 22.6 Å². The van der Waals surface area contributed by atoms with E-state index in [0.717, 1.165) is 18.7 Å². The summed E-state index contributed by atoms with van der Waals surface area (Å²) < 4.78 is 0. The Labute approximate surface area is 180 Å². The number of nitro benzene ring substituents is 1. The molecule has 0 bridgehead atoms. The molecule has 1 saturated heterocycles. The Morgan fingerprint density at radius 2 is 1.61 bits per heavy atom. The van der Waals surface area contributed by atoms with Crippen molar-refractivity contribution in [2.45, 2.75) is 6.92 Å². The number of hydrogen-bond donors (Lipinski definition) is 0. The summed E-state index contributed by atoms with van der Waals surface area (Å²) in [5, 5.41) is 11.7. The normalized spacial score (nSPS) is 14.5. The van der Waals surface area contributed by atoms with E-state index in [-0.39, 0.29) is 11.6 Å². The fourth-order valence-corrected chi connectivity index (χ4v) is 3.74. The van der Waals surface area contributed by atoms with Crippen molar-refractivity contribution in [1.29, 1.82) is 0 Å². The number of nitrogens with zero attached hydrogens (tertiary/aromatic N) is 5. The number of likely N-dealkylation sites (N-methyl/N-ethyl adjacent to an activating group) is 1. The lowest BCUT2D eigenvalue weighted by molar-refractivity contribution is -0.384. The second-order valence-electron chi connectivity index (χ2n) is 7.59. The molecule has 1 aliphatic rings. The average molecular weight is 417 g/mol. The van der Waals surface area contributed by atoms with Crippen molar-refractivity contribution < 1.29 is 9.72 Å². The molecule has 1 aliphatic heterocycles. The topological polar surface area (TPSA) is 92.5 Å². The van der Waals surface area contributed by atoms with Crippen LogP contribution in [0.25, 0.3) is 22.6 Å². The smallest absolute Gasteiger partial charge is 0.278 e. The van der Waals surface area contributed by atoms with Crippen LogP contribution in [0.15, 0.2) is 54.6 Å². The van der Waals surface area contributed by atoms with Crippen LogP contribution in [0, 0.1) is 17.0 Å². The van der Waals surface area contributed by atoms with E-state index in [1.54, 1.807) is 30.0 Å². The number of aromatic nitrogens is 2. The number of carbonyl (C=O) groups is 1.